The first kappa shape index (κ1) is 19.2. The van der Waals surface area contributed by atoms with Crippen molar-refractivity contribution in [1.82, 2.24) is 5.32 Å². The molecule has 0 saturated carbocycles. The van der Waals surface area contributed by atoms with E-state index in [4.69, 9.17) is 0 Å². The SMILES string of the molecule is OC(CCc1cc(F)cc(F)c1)CNC1c2ccccc2-c2ccc(Br)cc21. The third-order valence-corrected chi connectivity index (χ3v) is 5.63. The van der Waals surface area contributed by atoms with Crippen LogP contribution in [0.3, 0.4) is 0 Å². The molecule has 0 amide bonds. The zero-order chi connectivity index (χ0) is 19.7. The summed E-state index contributed by atoms with van der Waals surface area (Å²) in [6.45, 7) is 0.392. The lowest BCUT2D eigenvalue weighted by molar-refractivity contribution is 0.159. The maximum atomic E-state index is 13.3. The predicted octanol–water partition coefficient (Wildman–Crippen LogP) is 5.38. The molecule has 0 saturated heterocycles. The van der Waals surface area contributed by atoms with Crippen LogP contribution in [0, 0.1) is 11.6 Å². The molecule has 0 bridgehead atoms. The third-order valence-electron chi connectivity index (χ3n) is 5.13. The fraction of sp³-hybridized carbons (Fsp3) is 0.217. The van der Waals surface area contributed by atoms with Crippen LogP contribution in [-0.2, 0) is 6.42 Å². The Balaban J connectivity index is 1.44. The fourth-order valence-electron chi connectivity index (χ4n) is 3.84. The lowest BCUT2D eigenvalue weighted by Gasteiger charge is -2.19. The van der Waals surface area contributed by atoms with Gasteiger partial charge in [0.15, 0.2) is 0 Å². The largest absolute Gasteiger partial charge is 0.392 e. The second-order valence-corrected chi connectivity index (χ2v) is 8.05. The van der Waals surface area contributed by atoms with Crippen molar-refractivity contribution in [1.29, 1.82) is 0 Å². The van der Waals surface area contributed by atoms with Crippen LogP contribution in [0.2, 0.25) is 0 Å². The highest BCUT2D eigenvalue weighted by Crippen LogP contribution is 2.44. The van der Waals surface area contributed by atoms with Crippen molar-refractivity contribution in [2.75, 3.05) is 6.54 Å². The minimum atomic E-state index is -0.616. The molecule has 4 rings (SSSR count). The molecule has 2 unspecified atom stereocenters. The van der Waals surface area contributed by atoms with E-state index in [0.717, 1.165) is 10.5 Å². The van der Waals surface area contributed by atoms with Crippen LogP contribution in [0.15, 0.2) is 65.1 Å². The van der Waals surface area contributed by atoms with Crippen LogP contribution in [0.4, 0.5) is 8.78 Å². The highest BCUT2D eigenvalue weighted by Gasteiger charge is 2.28. The van der Waals surface area contributed by atoms with Crippen molar-refractivity contribution in [2.45, 2.75) is 25.0 Å². The molecule has 0 aliphatic heterocycles. The van der Waals surface area contributed by atoms with Gasteiger partial charge in [-0.25, -0.2) is 8.78 Å². The Morgan fingerprint density at radius 1 is 0.929 bits per heavy atom. The van der Waals surface area contributed by atoms with E-state index in [0.29, 0.717) is 24.9 Å². The Kier molecular flexibility index (Phi) is 5.58. The lowest BCUT2D eigenvalue weighted by atomic mass is 10.0. The summed E-state index contributed by atoms with van der Waals surface area (Å²) >= 11 is 3.54. The van der Waals surface area contributed by atoms with Gasteiger partial charge in [0, 0.05) is 17.1 Å². The first-order chi connectivity index (χ1) is 13.5. The normalized spacial score (nSPS) is 15.9. The van der Waals surface area contributed by atoms with Gasteiger partial charge in [-0.3, -0.25) is 0 Å². The molecule has 1 aliphatic rings. The third kappa shape index (κ3) is 4.02. The van der Waals surface area contributed by atoms with Crippen LogP contribution >= 0.6 is 15.9 Å². The number of nitrogens with one attached hydrogen (secondary N) is 1. The number of aliphatic hydroxyl groups is 1. The Morgan fingerprint density at radius 3 is 2.43 bits per heavy atom. The van der Waals surface area contributed by atoms with E-state index in [-0.39, 0.29) is 6.04 Å². The van der Waals surface area contributed by atoms with E-state index in [1.54, 1.807) is 0 Å². The van der Waals surface area contributed by atoms with E-state index in [2.05, 4.69) is 45.5 Å². The van der Waals surface area contributed by atoms with E-state index < -0.39 is 17.7 Å². The van der Waals surface area contributed by atoms with Gasteiger partial charge < -0.3 is 10.4 Å². The van der Waals surface area contributed by atoms with Gasteiger partial charge in [0.25, 0.3) is 0 Å². The molecule has 144 valence electrons. The van der Waals surface area contributed by atoms with Crippen LogP contribution < -0.4 is 5.32 Å². The zero-order valence-electron chi connectivity index (χ0n) is 15.1. The number of hydrogen-bond donors (Lipinski definition) is 2. The molecule has 0 spiro atoms. The Morgan fingerprint density at radius 2 is 1.64 bits per heavy atom. The second kappa shape index (κ2) is 8.11. The summed E-state index contributed by atoms with van der Waals surface area (Å²) in [5, 5.41) is 13.9. The number of aliphatic hydroxyl groups excluding tert-OH is 1. The smallest absolute Gasteiger partial charge is 0.126 e. The van der Waals surface area contributed by atoms with Crippen LogP contribution in [0.5, 0.6) is 0 Å². The summed E-state index contributed by atoms with van der Waals surface area (Å²) in [6, 6.07) is 18.0. The van der Waals surface area contributed by atoms with Crippen LogP contribution in [0.25, 0.3) is 11.1 Å². The van der Waals surface area contributed by atoms with Gasteiger partial charge >= 0.3 is 0 Å². The molecule has 0 radical (unpaired) electrons. The lowest BCUT2D eigenvalue weighted by Crippen LogP contribution is -2.30. The Labute approximate surface area is 171 Å². The average molecular weight is 444 g/mol. The molecule has 1 aliphatic carbocycles. The van der Waals surface area contributed by atoms with Gasteiger partial charge in [-0.2, -0.15) is 0 Å². The zero-order valence-corrected chi connectivity index (χ0v) is 16.7. The van der Waals surface area contributed by atoms with Gasteiger partial charge in [-0.05, 0) is 64.9 Å². The maximum absolute atomic E-state index is 13.3. The number of aryl methyl sites for hydroxylation is 1. The van der Waals surface area contributed by atoms with Crippen LogP contribution in [-0.4, -0.2) is 17.8 Å². The number of benzene rings is 3. The van der Waals surface area contributed by atoms with Crippen molar-refractivity contribution in [2.24, 2.45) is 0 Å². The summed E-state index contributed by atoms with van der Waals surface area (Å²) in [5.41, 5.74) is 5.32. The topological polar surface area (TPSA) is 32.3 Å². The van der Waals surface area contributed by atoms with Gasteiger partial charge in [0.05, 0.1) is 12.1 Å². The van der Waals surface area contributed by atoms with E-state index in [1.165, 1.54) is 34.4 Å². The number of rotatable bonds is 6. The van der Waals surface area contributed by atoms with Crippen molar-refractivity contribution in [3.63, 3.8) is 0 Å². The second-order valence-electron chi connectivity index (χ2n) is 7.13. The summed E-state index contributed by atoms with van der Waals surface area (Å²) in [5.74, 6) is -1.18. The molecule has 0 aromatic heterocycles. The van der Waals surface area contributed by atoms with Gasteiger partial charge in [-0.1, -0.05) is 46.3 Å². The first-order valence-electron chi connectivity index (χ1n) is 9.26. The van der Waals surface area contributed by atoms with Gasteiger partial charge in [0.2, 0.25) is 0 Å². The molecular formula is C23H20BrF2NO. The Bertz CT molecular complexity index is 987. The molecule has 2 atom stereocenters. The molecule has 0 heterocycles. The highest BCUT2D eigenvalue weighted by molar-refractivity contribution is 9.10. The van der Waals surface area contributed by atoms with Crippen molar-refractivity contribution < 1.29 is 13.9 Å². The average Bonchev–Trinajstić information content (AvgIpc) is 2.97. The maximum Gasteiger partial charge on any atom is 0.126 e. The van der Waals surface area contributed by atoms with Crippen molar-refractivity contribution >= 4 is 15.9 Å². The molecule has 28 heavy (non-hydrogen) atoms. The molecular weight excluding hydrogens is 424 g/mol. The number of halogens is 3. The minimum Gasteiger partial charge on any atom is -0.392 e. The van der Waals surface area contributed by atoms with Crippen molar-refractivity contribution in [3.05, 3.63) is 93.5 Å². The summed E-state index contributed by atoms with van der Waals surface area (Å²) in [6.07, 6.45) is 0.228. The molecule has 2 N–H and O–H groups in total. The molecule has 2 nitrogen and oxygen atoms in total. The molecule has 5 heteroatoms. The quantitative estimate of drug-likeness (QED) is 0.535. The molecule has 3 aromatic rings. The Hall–Kier alpha value is -2.08. The van der Waals surface area contributed by atoms with E-state index >= 15 is 0 Å². The van der Waals surface area contributed by atoms with E-state index in [1.807, 2.05) is 18.2 Å². The summed E-state index contributed by atoms with van der Waals surface area (Å²) in [4.78, 5) is 0. The van der Waals surface area contributed by atoms with Crippen LogP contribution in [0.1, 0.15) is 29.2 Å². The number of hydrogen-bond acceptors (Lipinski definition) is 2. The first-order valence-corrected chi connectivity index (χ1v) is 10.1. The standard InChI is InChI=1S/C23H20BrF2NO/c24-15-6-8-20-19-3-1-2-4-21(19)23(22(20)11-15)27-13-18(28)7-5-14-9-16(25)12-17(26)10-14/h1-4,6,8-12,18,23,27-28H,5,7,13H2. The number of fused-ring (bicyclic) bond motifs is 3. The fourth-order valence-corrected chi connectivity index (χ4v) is 4.22. The van der Waals surface area contributed by atoms with Crippen molar-refractivity contribution in [3.8, 4) is 11.1 Å². The van der Waals surface area contributed by atoms with Gasteiger partial charge in [-0.15, -0.1) is 0 Å². The van der Waals surface area contributed by atoms with E-state index in [9.17, 15) is 13.9 Å². The highest BCUT2D eigenvalue weighted by atomic mass is 79.9. The monoisotopic (exact) mass is 443 g/mol. The minimum absolute atomic E-state index is 0.00460. The summed E-state index contributed by atoms with van der Waals surface area (Å²) < 4.78 is 27.6. The molecule has 0 fully saturated rings. The van der Waals surface area contributed by atoms with Gasteiger partial charge in [0.1, 0.15) is 11.6 Å². The predicted molar refractivity (Wildman–Crippen MR) is 110 cm³/mol. The molecule has 3 aromatic carbocycles. The summed E-state index contributed by atoms with van der Waals surface area (Å²) in [7, 11) is 0.